The Bertz CT molecular complexity index is 613. The summed E-state index contributed by atoms with van der Waals surface area (Å²) in [6.07, 6.45) is 13.8. The first-order valence-corrected chi connectivity index (χ1v) is 9.89. The third kappa shape index (κ3) is 3.59. The Hall–Kier alpha value is -0.760. The van der Waals surface area contributed by atoms with Crippen molar-refractivity contribution in [2.45, 2.75) is 77.0 Å². The van der Waals surface area contributed by atoms with Crippen LogP contribution in [0.2, 0.25) is 0 Å². The molecule has 1 heterocycles. The first-order chi connectivity index (χ1) is 10.8. The number of hydrogen-bond donors (Lipinski definition) is 1. The van der Waals surface area contributed by atoms with Gasteiger partial charge in [0.25, 0.3) is 0 Å². The Morgan fingerprint density at radius 2 is 1.95 bits per heavy atom. The van der Waals surface area contributed by atoms with Crippen molar-refractivity contribution < 1.29 is 0 Å². The molecule has 0 fully saturated rings. The molecule has 2 aromatic rings. The topological polar surface area (TPSA) is 15.8 Å². The fourth-order valence-electron chi connectivity index (χ4n) is 3.99. The van der Waals surface area contributed by atoms with Crippen molar-refractivity contribution in [3.05, 3.63) is 33.9 Å². The SMILES string of the molecule is CCCCCCCCC1CCCc2c1[nH]c1ccc(Br)cc21. The molecule has 0 amide bonds. The maximum Gasteiger partial charge on any atom is 0.0459 e. The van der Waals surface area contributed by atoms with E-state index in [-0.39, 0.29) is 0 Å². The van der Waals surface area contributed by atoms with Gasteiger partial charge in [0.1, 0.15) is 0 Å². The second kappa shape index (κ2) is 7.68. The lowest BCUT2D eigenvalue weighted by molar-refractivity contribution is 0.478. The molecule has 120 valence electrons. The van der Waals surface area contributed by atoms with E-state index in [9.17, 15) is 0 Å². The zero-order valence-corrected chi connectivity index (χ0v) is 15.3. The van der Waals surface area contributed by atoms with Gasteiger partial charge in [-0.25, -0.2) is 0 Å². The van der Waals surface area contributed by atoms with Gasteiger partial charge < -0.3 is 4.98 Å². The molecule has 0 saturated heterocycles. The fourth-order valence-corrected chi connectivity index (χ4v) is 4.35. The molecule has 1 unspecified atom stereocenters. The van der Waals surface area contributed by atoms with E-state index in [1.165, 1.54) is 79.6 Å². The molecule has 1 aliphatic rings. The van der Waals surface area contributed by atoms with Gasteiger partial charge in [-0.2, -0.15) is 0 Å². The van der Waals surface area contributed by atoms with Crippen LogP contribution in [0.5, 0.6) is 0 Å². The molecule has 1 nitrogen and oxygen atoms in total. The molecule has 22 heavy (non-hydrogen) atoms. The van der Waals surface area contributed by atoms with Gasteiger partial charge in [-0.3, -0.25) is 0 Å². The predicted molar refractivity (Wildman–Crippen MR) is 99.7 cm³/mol. The van der Waals surface area contributed by atoms with E-state index < -0.39 is 0 Å². The zero-order valence-electron chi connectivity index (χ0n) is 13.8. The van der Waals surface area contributed by atoms with Crippen LogP contribution in [0.15, 0.2) is 22.7 Å². The van der Waals surface area contributed by atoms with Gasteiger partial charge >= 0.3 is 0 Å². The molecule has 0 radical (unpaired) electrons. The fraction of sp³-hybridized carbons (Fsp3) is 0.600. The molecule has 1 atom stereocenters. The van der Waals surface area contributed by atoms with Crippen molar-refractivity contribution in [2.75, 3.05) is 0 Å². The Kier molecular flexibility index (Phi) is 5.62. The number of halogens is 1. The van der Waals surface area contributed by atoms with Gasteiger partial charge in [0, 0.05) is 21.1 Å². The Balaban J connectivity index is 1.65. The smallest absolute Gasteiger partial charge is 0.0459 e. The number of nitrogens with one attached hydrogen (secondary N) is 1. The zero-order chi connectivity index (χ0) is 15.4. The maximum absolute atomic E-state index is 3.73. The summed E-state index contributed by atoms with van der Waals surface area (Å²) in [5.41, 5.74) is 4.47. The van der Waals surface area contributed by atoms with Gasteiger partial charge in [0.2, 0.25) is 0 Å². The molecule has 0 bridgehead atoms. The van der Waals surface area contributed by atoms with Crippen LogP contribution in [0.25, 0.3) is 10.9 Å². The average molecular weight is 362 g/mol. The summed E-state index contributed by atoms with van der Waals surface area (Å²) in [5, 5.41) is 1.44. The highest BCUT2D eigenvalue weighted by Gasteiger charge is 2.23. The van der Waals surface area contributed by atoms with Crippen molar-refractivity contribution in [1.29, 1.82) is 0 Å². The summed E-state index contributed by atoms with van der Waals surface area (Å²) in [5.74, 6) is 0.765. The summed E-state index contributed by atoms with van der Waals surface area (Å²) in [4.78, 5) is 3.73. The number of unbranched alkanes of at least 4 members (excludes halogenated alkanes) is 5. The first kappa shape index (κ1) is 16.1. The largest absolute Gasteiger partial charge is 0.358 e. The Morgan fingerprint density at radius 3 is 2.82 bits per heavy atom. The Morgan fingerprint density at radius 1 is 1.14 bits per heavy atom. The number of benzene rings is 1. The highest BCUT2D eigenvalue weighted by Crippen LogP contribution is 2.39. The molecule has 1 N–H and O–H groups in total. The summed E-state index contributed by atoms with van der Waals surface area (Å²) in [6, 6.07) is 6.66. The molecular weight excluding hydrogens is 334 g/mol. The van der Waals surface area contributed by atoms with E-state index in [1.807, 2.05) is 0 Å². The van der Waals surface area contributed by atoms with Gasteiger partial charge in [0.15, 0.2) is 0 Å². The molecule has 0 spiro atoms. The van der Waals surface area contributed by atoms with Crippen LogP contribution < -0.4 is 0 Å². The molecule has 2 heteroatoms. The van der Waals surface area contributed by atoms with E-state index >= 15 is 0 Å². The van der Waals surface area contributed by atoms with E-state index in [1.54, 1.807) is 11.3 Å². The molecule has 3 rings (SSSR count). The minimum Gasteiger partial charge on any atom is -0.358 e. The molecule has 0 saturated carbocycles. The first-order valence-electron chi connectivity index (χ1n) is 9.09. The lowest BCUT2D eigenvalue weighted by atomic mass is 9.83. The molecule has 1 aromatic carbocycles. The van der Waals surface area contributed by atoms with Crippen molar-refractivity contribution in [3.8, 4) is 0 Å². The lowest BCUT2D eigenvalue weighted by Gasteiger charge is -2.22. The number of H-pyrrole nitrogens is 1. The van der Waals surface area contributed by atoms with Crippen LogP contribution in [0.4, 0.5) is 0 Å². The minimum absolute atomic E-state index is 0.765. The van der Waals surface area contributed by atoms with E-state index in [0.717, 1.165) is 5.92 Å². The standard InChI is InChI=1S/C20H28BrN/c1-2-3-4-5-6-7-9-15-10-8-11-17-18-14-16(21)12-13-19(18)22-20(15)17/h12-15,22H,2-11H2,1H3. The molecule has 1 aromatic heterocycles. The highest BCUT2D eigenvalue weighted by atomic mass is 79.9. The van der Waals surface area contributed by atoms with Crippen molar-refractivity contribution in [3.63, 3.8) is 0 Å². The third-order valence-electron chi connectivity index (χ3n) is 5.19. The summed E-state index contributed by atoms with van der Waals surface area (Å²) in [6.45, 7) is 2.29. The predicted octanol–water partition coefficient (Wildman–Crippen LogP) is 7.10. The third-order valence-corrected chi connectivity index (χ3v) is 5.69. The molecule has 1 aliphatic carbocycles. The van der Waals surface area contributed by atoms with Crippen LogP contribution in [0.1, 0.15) is 81.9 Å². The van der Waals surface area contributed by atoms with Crippen LogP contribution >= 0.6 is 15.9 Å². The van der Waals surface area contributed by atoms with Gasteiger partial charge in [-0.15, -0.1) is 0 Å². The number of hydrogen-bond acceptors (Lipinski definition) is 0. The number of aryl methyl sites for hydroxylation is 1. The summed E-state index contributed by atoms with van der Waals surface area (Å²) < 4.78 is 1.19. The highest BCUT2D eigenvalue weighted by molar-refractivity contribution is 9.10. The van der Waals surface area contributed by atoms with Crippen LogP contribution in [-0.2, 0) is 6.42 Å². The van der Waals surface area contributed by atoms with E-state index in [2.05, 4.69) is 46.0 Å². The van der Waals surface area contributed by atoms with Gasteiger partial charge in [-0.1, -0.05) is 61.4 Å². The van der Waals surface area contributed by atoms with E-state index in [4.69, 9.17) is 0 Å². The van der Waals surface area contributed by atoms with E-state index in [0.29, 0.717) is 0 Å². The van der Waals surface area contributed by atoms with Gasteiger partial charge in [0.05, 0.1) is 0 Å². The van der Waals surface area contributed by atoms with Crippen molar-refractivity contribution in [1.82, 2.24) is 4.98 Å². The summed E-state index contributed by atoms with van der Waals surface area (Å²) >= 11 is 3.62. The lowest BCUT2D eigenvalue weighted by Crippen LogP contribution is -2.09. The molecular formula is C20H28BrN. The second-order valence-corrected chi connectivity index (χ2v) is 7.77. The summed E-state index contributed by atoms with van der Waals surface area (Å²) in [7, 11) is 0. The van der Waals surface area contributed by atoms with Crippen molar-refractivity contribution in [2.24, 2.45) is 0 Å². The van der Waals surface area contributed by atoms with Crippen LogP contribution in [0.3, 0.4) is 0 Å². The Labute approximate surface area is 143 Å². The number of aromatic amines is 1. The number of fused-ring (bicyclic) bond motifs is 3. The van der Waals surface area contributed by atoms with Gasteiger partial charge in [-0.05, 0) is 55.4 Å². The monoisotopic (exact) mass is 361 g/mol. The average Bonchev–Trinajstić information content (AvgIpc) is 2.89. The number of aromatic nitrogens is 1. The van der Waals surface area contributed by atoms with Crippen molar-refractivity contribution >= 4 is 26.8 Å². The second-order valence-electron chi connectivity index (χ2n) is 6.85. The number of rotatable bonds is 7. The normalized spacial score (nSPS) is 17.8. The maximum atomic E-state index is 3.73. The quantitative estimate of drug-likeness (QED) is 0.506. The van der Waals surface area contributed by atoms with Crippen LogP contribution in [-0.4, -0.2) is 4.98 Å². The molecule has 0 aliphatic heterocycles. The van der Waals surface area contributed by atoms with Crippen LogP contribution in [0, 0.1) is 0 Å². The minimum atomic E-state index is 0.765.